The van der Waals surface area contributed by atoms with Gasteiger partial charge in [-0.1, -0.05) is 24.9 Å². The Morgan fingerprint density at radius 3 is 2.62 bits per heavy atom. The van der Waals surface area contributed by atoms with Crippen LogP contribution in [-0.4, -0.2) is 9.55 Å². The largest absolute Gasteiger partial charge is 0.329 e. The van der Waals surface area contributed by atoms with E-state index in [0.717, 1.165) is 19.3 Å². The lowest BCUT2D eigenvalue weighted by atomic mass is 9.67. The van der Waals surface area contributed by atoms with Gasteiger partial charge in [0.2, 0.25) is 0 Å². The molecule has 16 heavy (non-hydrogen) atoms. The number of aromatic amines is 1. The van der Waals surface area contributed by atoms with E-state index in [1.165, 1.54) is 17.1 Å². The fraction of sp³-hybridized carbons (Fsp3) is 0.636. The van der Waals surface area contributed by atoms with Gasteiger partial charge in [0, 0.05) is 12.6 Å². The zero-order valence-electron chi connectivity index (χ0n) is 9.25. The summed E-state index contributed by atoms with van der Waals surface area (Å²) in [6.07, 6.45) is 4.38. The Balaban J connectivity index is 2.35. The number of nitrogens with one attached hydrogen (secondary N) is 1. The highest BCUT2D eigenvalue weighted by Crippen LogP contribution is 2.44. The molecule has 4 nitrogen and oxygen atoms in total. The first-order valence-corrected chi connectivity index (χ1v) is 5.94. The van der Waals surface area contributed by atoms with Crippen LogP contribution in [0.1, 0.15) is 32.6 Å². The first-order valence-electron chi connectivity index (χ1n) is 5.56. The molecule has 0 aromatic carbocycles. The molecule has 0 amide bonds. The second-order valence-electron chi connectivity index (χ2n) is 4.55. The summed E-state index contributed by atoms with van der Waals surface area (Å²) in [6, 6.07) is 1.25. The third kappa shape index (κ3) is 1.94. The molecule has 0 unspecified atom stereocenters. The third-order valence-electron chi connectivity index (χ3n) is 3.65. The Bertz CT molecular complexity index is 463. The molecule has 1 aromatic heterocycles. The molecule has 0 saturated heterocycles. The Morgan fingerprint density at radius 1 is 1.50 bits per heavy atom. The van der Waals surface area contributed by atoms with E-state index in [2.05, 4.69) is 11.9 Å². The van der Waals surface area contributed by atoms with Gasteiger partial charge in [-0.15, -0.1) is 0 Å². The number of hydrogen-bond acceptors (Lipinski definition) is 2. The molecule has 1 aromatic rings. The van der Waals surface area contributed by atoms with Crippen LogP contribution >= 0.6 is 11.6 Å². The summed E-state index contributed by atoms with van der Waals surface area (Å²) >= 11 is 5.61. The SMILES string of the molecule is CCC1(Cn2c(=O)cc(Cl)[nH]c2=O)CCC1. The van der Waals surface area contributed by atoms with E-state index in [-0.39, 0.29) is 16.1 Å². The summed E-state index contributed by atoms with van der Waals surface area (Å²) in [6.45, 7) is 2.61. The highest BCUT2D eigenvalue weighted by molar-refractivity contribution is 6.29. The normalized spacial score (nSPS) is 18.1. The van der Waals surface area contributed by atoms with Crippen molar-refractivity contribution in [3.05, 3.63) is 32.1 Å². The summed E-state index contributed by atoms with van der Waals surface area (Å²) in [5.41, 5.74) is -0.573. The Labute approximate surface area is 98.3 Å². The Hall–Kier alpha value is -1.03. The van der Waals surface area contributed by atoms with E-state index in [0.29, 0.717) is 6.54 Å². The number of hydrogen-bond donors (Lipinski definition) is 1. The minimum absolute atomic E-state index is 0.102. The molecule has 0 spiro atoms. The maximum absolute atomic E-state index is 11.7. The molecule has 5 heteroatoms. The summed E-state index contributed by atoms with van der Waals surface area (Å²) in [7, 11) is 0. The van der Waals surface area contributed by atoms with Crippen LogP contribution in [0.2, 0.25) is 5.15 Å². The summed E-state index contributed by atoms with van der Waals surface area (Å²) in [4.78, 5) is 25.7. The Kier molecular flexibility index (Phi) is 2.93. The average molecular weight is 243 g/mol. The third-order valence-corrected chi connectivity index (χ3v) is 3.85. The van der Waals surface area contributed by atoms with Crippen molar-refractivity contribution in [1.29, 1.82) is 0 Å². The van der Waals surface area contributed by atoms with Gasteiger partial charge in [-0.25, -0.2) is 4.79 Å². The maximum atomic E-state index is 11.7. The molecule has 88 valence electrons. The minimum atomic E-state index is -0.405. The van der Waals surface area contributed by atoms with Crippen molar-refractivity contribution in [2.45, 2.75) is 39.2 Å². The van der Waals surface area contributed by atoms with Crippen molar-refractivity contribution < 1.29 is 0 Å². The highest BCUT2D eigenvalue weighted by Gasteiger charge is 2.36. The molecule has 2 rings (SSSR count). The fourth-order valence-electron chi connectivity index (χ4n) is 2.28. The number of H-pyrrole nitrogens is 1. The van der Waals surface area contributed by atoms with Crippen LogP contribution in [0.4, 0.5) is 0 Å². The molecule has 1 aliphatic rings. The summed E-state index contributed by atoms with van der Waals surface area (Å²) in [5, 5.41) is 0.102. The van der Waals surface area contributed by atoms with Gasteiger partial charge < -0.3 is 0 Å². The lowest BCUT2D eigenvalue weighted by molar-refractivity contribution is 0.0968. The van der Waals surface area contributed by atoms with Gasteiger partial charge >= 0.3 is 5.69 Å². The van der Waals surface area contributed by atoms with E-state index in [1.54, 1.807) is 0 Å². The zero-order valence-corrected chi connectivity index (χ0v) is 10.0. The Morgan fingerprint density at radius 2 is 2.19 bits per heavy atom. The maximum Gasteiger partial charge on any atom is 0.329 e. The van der Waals surface area contributed by atoms with Gasteiger partial charge in [0.15, 0.2) is 0 Å². The number of halogens is 1. The number of aromatic nitrogens is 2. The van der Waals surface area contributed by atoms with E-state index < -0.39 is 5.69 Å². The summed E-state index contributed by atoms with van der Waals surface area (Å²) in [5.74, 6) is 0. The molecule has 1 saturated carbocycles. The van der Waals surface area contributed by atoms with Gasteiger partial charge in [0.25, 0.3) is 5.56 Å². The molecule has 0 bridgehead atoms. The van der Waals surface area contributed by atoms with E-state index in [1.807, 2.05) is 0 Å². The summed E-state index contributed by atoms with van der Waals surface area (Å²) < 4.78 is 1.26. The van der Waals surface area contributed by atoms with Gasteiger partial charge in [-0.2, -0.15) is 0 Å². The number of rotatable bonds is 3. The second-order valence-corrected chi connectivity index (χ2v) is 4.96. The standard InChI is InChI=1S/C11H15ClN2O2/c1-2-11(4-3-5-11)7-14-9(15)6-8(12)13-10(14)16/h6H,2-5,7H2,1H3,(H,13,16). The molecule has 0 atom stereocenters. The molecule has 1 heterocycles. The predicted molar refractivity (Wildman–Crippen MR) is 62.9 cm³/mol. The van der Waals surface area contributed by atoms with Crippen LogP contribution < -0.4 is 11.2 Å². The van der Waals surface area contributed by atoms with Crippen LogP contribution in [0.15, 0.2) is 15.7 Å². The van der Waals surface area contributed by atoms with Crippen LogP contribution in [0.3, 0.4) is 0 Å². The van der Waals surface area contributed by atoms with E-state index in [9.17, 15) is 9.59 Å². The van der Waals surface area contributed by atoms with Gasteiger partial charge in [0.1, 0.15) is 5.15 Å². The topological polar surface area (TPSA) is 54.9 Å². The van der Waals surface area contributed by atoms with Crippen molar-refractivity contribution in [3.63, 3.8) is 0 Å². The zero-order chi connectivity index (χ0) is 11.8. The fourth-order valence-corrected chi connectivity index (χ4v) is 2.45. The van der Waals surface area contributed by atoms with Crippen LogP contribution in [0.25, 0.3) is 0 Å². The molecular weight excluding hydrogens is 228 g/mol. The van der Waals surface area contributed by atoms with Crippen molar-refractivity contribution in [1.82, 2.24) is 9.55 Å². The molecular formula is C11H15ClN2O2. The van der Waals surface area contributed by atoms with Crippen molar-refractivity contribution >= 4 is 11.6 Å². The van der Waals surface area contributed by atoms with E-state index >= 15 is 0 Å². The molecule has 1 fully saturated rings. The van der Waals surface area contributed by atoms with Crippen LogP contribution in [0, 0.1) is 5.41 Å². The number of nitrogens with zero attached hydrogens (tertiary/aromatic N) is 1. The second kappa shape index (κ2) is 4.09. The molecule has 1 N–H and O–H groups in total. The first-order chi connectivity index (χ1) is 7.56. The van der Waals surface area contributed by atoms with Crippen LogP contribution in [-0.2, 0) is 6.54 Å². The monoisotopic (exact) mass is 242 g/mol. The molecule has 0 aliphatic heterocycles. The van der Waals surface area contributed by atoms with Gasteiger partial charge in [-0.3, -0.25) is 14.3 Å². The van der Waals surface area contributed by atoms with Crippen molar-refractivity contribution in [2.24, 2.45) is 5.41 Å². The molecule has 1 aliphatic carbocycles. The smallest absolute Gasteiger partial charge is 0.298 e. The van der Waals surface area contributed by atoms with Crippen molar-refractivity contribution in [2.75, 3.05) is 0 Å². The van der Waals surface area contributed by atoms with Gasteiger partial charge in [0.05, 0.1) is 0 Å². The first kappa shape index (κ1) is 11.5. The predicted octanol–water partition coefficient (Wildman–Crippen LogP) is 1.77. The minimum Gasteiger partial charge on any atom is -0.298 e. The highest BCUT2D eigenvalue weighted by atomic mass is 35.5. The van der Waals surface area contributed by atoms with Crippen LogP contribution in [0.5, 0.6) is 0 Å². The quantitative estimate of drug-likeness (QED) is 0.822. The average Bonchev–Trinajstić information content (AvgIpc) is 2.14. The lowest BCUT2D eigenvalue weighted by Crippen LogP contribution is -2.43. The van der Waals surface area contributed by atoms with Gasteiger partial charge in [-0.05, 0) is 24.7 Å². The van der Waals surface area contributed by atoms with E-state index in [4.69, 9.17) is 11.6 Å². The lowest BCUT2D eigenvalue weighted by Gasteiger charge is -2.41. The van der Waals surface area contributed by atoms with Crippen molar-refractivity contribution in [3.8, 4) is 0 Å². The molecule has 0 radical (unpaired) electrons.